The van der Waals surface area contributed by atoms with Gasteiger partial charge in [-0.25, -0.2) is 9.69 Å². The number of nitrogens with one attached hydrogen (secondary N) is 1. The summed E-state index contributed by atoms with van der Waals surface area (Å²) in [6.45, 7) is 2.51. The molecule has 1 N–H and O–H groups in total. The van der Waals surface area contributed by atoms with E-state index in [-0.39, 0.29) is 18.9 Å². The second-order valence-electron chi connectivity index (χ2n) is 4.27. The van der Waals surface area contributed by atoms with Crippen molar-refractivity contribution < 1.29 is 14.3 Å². The number of urea groups is 1. The Hall–Kier alpha value is -2.42. The molecule has 1 unspecified atom stereocenters. The summed E-state index contributed by atoms with van der Waals surface area (Å²) >= 11 is 0. The van der Waals surface area contributed by atoms with Crippen molar-refractivity contribution in [3.05, 3.63) is 23.3 Å². The molecule has 1 aromatic rings. The lowest BCUT2D eigenvalue weighted by Gasteiger charge is -2.13. The van der Waals surface area contributed by atoms with Crippen molar-refractivity contribution in [1.29, 1.82) is 5.26 Å². The molecular formula is C12H11N3O3. The van der Waals surface area contributed by atoms with Gasteiger partial charge < -0.3 is 14.8 Å². The molecule has 0 aliphatic carbocycles. The van der Waals surface area contributed by atoms with Crippen molar-refractivity contribution >= 4 is 6.03 Å². The van der Waals surface area contributed by atoms with Gasteiger partial charge in [0.15, 0.2) is 17.7 Å². The minimum Gasteiger partial charge on any atom is -0.454 e. The van der Waals surface area contributed by atoms with Crippen LogP contribution in [0.4, 0.5) is 4.79 Å². The predicted molar refractivity (Wildman–Crippen MR) is 60.9 cm³/mol. The van der Waals surface area contributed by atoms with Crippen LogP contribution in [-0.4, -0.2) is 24.3 Å². The first-order chi connectivity index (χ1) is 8.69. The number of hydrogen-bond acceptors (Lipinski definition) is 4. The zero-order valence-corrected chi connectivity index (χ0v) is 9.77. The summed E-state index contributed by atoms with van der Waals surface area (Å²) in [4.78, 5) is 12.6. The number of nitriles is 1. The number of benzene rings is 1. The number of nitrogens with zero attached hydrogens (tertiary/aromatic N) is 2. The van der Waals surface area contributed by atoms with Gasteiger partial charge in [0.05, 0.1) is 12.6 Å². The van der Waals surface area contributed by atoms with Crippen LogP contribution in [0, 0.1) is 18.4 Å². The van der Waals surface area contributed by atoms with Crippen LogP contribution in [0.1, 0.15) is 17.2 Å². The highest BCUT2D eigenvalue weighted by Crippen LogP contribution is 2.37. The SMILES string of the molecule is Cc1cc2c(cc1C1CN(C#N)C(=O)N1)OCO2. The lowest BCUT2D eigenvalue weighted by atomic mass is 10.0. The third-order valence-electron chi connectivity index (χ3n) is 3.17. The van der Waals surface area contributed by atoms with Crippen LogP contribution in [-0.2, 0) is 0 Å². The first kappa shape index (κ1) is 10.7. The van der Waals surface area contributed by atoms with E-state index in [9.17, 15) is 4.79 Å². The monoisotopic (exact) mass is 245 g/mol. The highest BCUT2D eigenvalue weighted by atomic mass is 16.7. The number of aryl methyl sites for hydroxylation is 1. The maximum absolute atomic E-state index is 11.5. The molecular weight excluding hydrogens is 234 g/mol. The molecule has 0 saturated carbocycles. The minimum absolute atomic E-state index is 0.188. The molecule has 6 nitrogen and oxygen atoms in total. The molecule has 2 amide bonds. The highest BCUT2D eigenvalue weighted by molar-refractivity contribution is 5.79. The zero-order chi connectivity index (χ0) is 12.7. The van der Waals surface area contributed by atoms with E-state index >= 15 is 0 Å². The molecule has 18 heavy (non-hydrogen) atoms. The molecule has 1 saturated heterocycles. The largest absolute Gasteiger partial charge is 0.454 e. The molecule has 2 heterocycles. The Labute approximate surface area is 104 Å². The van der Waals surface area contributed by atoms with Crippen molar-refractivity contribution in [1.82, 2.24) is 10.2 Å². The summed E-state index contributed by atoms with van der Waals surface area (Å²) in [5, 5.41) is 11.6. The van der Waals surface area contributed by atoms with Crippen LogP contribution < -0.4 is 14.8 Å². The number of rotatable bonds is 1. The smallest absolute Gasteiger partial charge is 0.331 e. The summed E-state index contributed by atoms with van der Waals surface area (Å²) in [7, 11) is 0. The Morgan fingerprint density at radius 2 is 2.17 bits per heavy atom. The Morgan fingerprint density at radius 3 is 2.83 bits per heavy atom. The van der Waals surface area contributed by atoms with Gasteiger partial charge >= 0.3 is 6.03 Å². The van der Waals surface area contributed by atoms with Crippen LogP contribution in [0.15, 0.2) is 12.1 Å². The quantitative estimate of drug-likeness (QED) is 0.756. The standard InChI is InChI=1S/C12H11N3O3/c1-7-2-10-11(18-6-17-10)3-8(7)9-4-15(5-13)12(16)14-9/h2-3,9H,4,6H2,1H3,(H,14,16). The molecule has 1 atom stereocenters. The van der Waals surface area contributed by atoms with E-state index < -0.39 is 0 Å². The molecule has 92 valence electrons. The fourth-order valence-electron chi connectivity index (χ4n) is 2.24. The first-order valence-corrected chi connectivity index (χ1v) is 5.57. The predicted octanol–water partition coefficient (Wildman–Crippen LogP) is 1.27. The number of hydrogen-bond donors (Lipinski definition) is 1. The van der Waals surface area contributed by atoms with Gasteiger partial charge in [-0.2, -0.15) is 5.26 Å². The zero-order valence-electron chi connectivity index (χ0n) is 9.77. The Kier molecular flexibility index (Phi) is 2.27. The van der Waals surface area contributed by atoms with Gasteiger partial charge in [0.1, 0.15) is 0 Å². The summed E-state index contributed by atoms with van der Waals surface area (Å²) in [5.74, 6) is 1.40. The Morgan fingerprint density at radius 1 is 1.44 bits per heavy atom. The van der Waals surface area contributed by atoms with Gasteiger partial charge in [-0.05, 0) is 30.2 Å². The normalized spacial score (nSPS) is 20.8. The number of amides is 2. The van der Waals surface area contributed by atoms with E-state index in [0.29, 0.717) is 12.3 Å². The lowest BCUT2D eigenvalue weighted by Crippen LogP contribution is -2.23. The van der Waals surface area contributed by atoms with Gasteiger partial charge in [0.25, 0.3) is 0 Å². The van der Waals surface area contributed by atoms with E-state index in [1.165, 1.54) is 0 Å². The molecule has 0 spiro atoms. The van der Waals surface area contributed by atoms with E-state index in [2.05, 4.69) is 5.32 Å². The molecule has 0 aromatic heterocycles. The molecule has 0 bridgehead atoms. The van der Waals surface area contributed by atoms with Crippen LogP contribution in [0.2, 0.25) is 0 Å². The van der Waals surface area contributed by atoms with Gasteiger partial charge in [-0.15, -0.1) is 0 Å². The Balaban J connectivity index is 1.94. The van der Waals surface area contributed by atoms with Crippen molar-refractivity contribution in [2.24, 2.45) is 0 Å². The molecule has 6 heteroatoms. The number of carbonyl (C=O) groups is 1. The summed E-state index contributed by atoms with van der Waals surface area (Å²) in [6.07, 6.45) is 1.85. The minimum atomic E-state index is -0.362. The van der Waals surface area contributed by atoms with Crippen LogP contribution in [0.5, 0.6) is 11.5 Å². The number of ether oxygens (including phenoxy) is 2. The third kappa shape index (κ3) is 1.52. The molecule has 3 rings (SSSR count). The van der Waals surface area contributed by atoms with Gasteiger partial charge in [-0.3, -0.25) is 0 Å². The van der Waals surface area contributed by atoms with E-state index in [4.69, 9.17) is 14.7 Å². The number of carbonyl (C=O) groups excluding carboxylic acids is 1. The molecule has 2 aliphatic heterocycles. The summed E-state index contributed by atoms with van der Waals surface area (Å²) in [6, 6.07) is 3.20. The fraction of sp³-hybridized carbons (Fsp3) is 0.333. The van der Waals surface area contributed by atoms with E-state index in [1.807, 2.05) is 25.2 Å². The van der Waals surface area contributed by atoms with Crippen molar-refractivity contribution in [2.75, 3.05) is 13.3 Å². The van der Waals surface area contributed by atoms with Crippen molar-refractivity contribution in [3.8, 4) is 17.7 Å². The van der Waals surface area contributed by atoms with E-state index in [0.717, 1.165) is 21.8 Å². The topological polar surface area (TPSA) is 74.6 Å². The van der Waals surface area contributed by atoms with Crippen molar-refractivity contribution in [2.45, 2.75) is 13.0 Å². The maximum atomic E-state index is 11.5. The van der Waals surface area contributed by atoms with Gasteiger partial charge in [0.2, 0.25) is 6.79 Å². The fourth-order valence-corrected chi connectivity index (χ4v) is 2.24. The molecule has 2 aliphatic rings. The third-order valence-corrected chi connectivity index (χ3v) is 3.17. The molecule has 1 fully saturated rings. The first-order valence-electron chi connectivity index (χ1n) is 5.57. The van der Waals surface area contributed by atoms with Crippen LogP contribution >= 0.6 is 0 Å². The van der Waals surface area contributed by atoms with Gasteiger partial charge in [0, 0.05) is 0 Å². The number of fused-ring (bicyclic) bond motifs is 1. The summed E-state index contributed by atoms with van der Waals surface area (Å²) in [5.41, 5.74) is 1.95. The lowest BCUT2D eigenvalue weighted by molar-refractivity contribution is 0.174. The van der Waals surface area contributed by atoms with Gasteiger partial charge in [-0.1, -0.05) is 0 Å². The highest BCUT2D eigenvalue weighted by Gasteiger charge is 2.31. The van der Waals surface area contributed by atoms with Crippen LogP contribution in [0.3, 0.4) is 0 Å². The summed E-state index contributed by atoms with van der Waals surface area (Å²) < 4.78 is 10.6. The Bertz CT molecular complexity index is 564. The maximum Gasteiger partial charge on any atom is 0.331 e. The molecule has 1 aromatic carbocycles. The van der Waals surface area contributed by atoms with Crippen molar-refractivity contribution in [3.63, 3.8) is 0 Å². The van der Waals surface area contributed by atoms with Crippen LogP contribution in [0.25, 0.3) is 0 Å². The average Bonchev–Trinajstić information content (AvgIpc) is 2.93. The second kappa shape index (κ2) is 3.81. The van der Waals surface area contributed by atoms with E-state index in [1.54, 1.807) is 0 Å². The average molecular weight is 245 g/mol. The molecule has 0 radical (unpaired) electrons. The second-order valence-corrected chi connectivity index (χ2v) is 4.27.